The lowest BCUT2D eigenvalue weighted by Crippen LogP contribution is -2.09. The predicted octanol–water partition coefficient (Wildman–Crippen LogP) is 15.2. The highest BCUT2D eigenvalue weighted by molar-refractivity contribution is 6.08. The number of furan rings is 1. The topological polar surface area (TPSA) is 16.4 Å². The summed E-state index contributed by atoms with van der Waals surface area (Å²) < 4.78 is 6.33. The highest BCUT2D eigenvalue weighted by atomic mass is 16.3. The van der Waals surface area contributed by atoms with Crippen molar-refractivity contribution in [2.75, 3.05) is 4.90 Å². The van der Waals surface area contributed by atoms with E-state index in [1.54, 1.807) is 0 Å². The molecular formula is C53H37NO. The molecule has 10 aromatic rings. The molecule has 9 aromatic carbocycles. The average molecular weight is 704 g/mol. The van der Waals surface area contributed by atoms with Gasteiger partial charge in [-0.05, 0) is 116 Å². The summed E-state index contributed by atoms with van der Waals surface area (Å²) in [6, 6.07) is 74.0. The van der Waals surface area contributed by atoms with Gasteiger partial charge >= 0.3 is 0 Å². The van der Waals surface area contributed by atoms with Gasteiger partial charge < -0.3 is 9.32 Å². The Bertz CT molecular complexity index is 2970. The van der Waals surface area contributed by atoms with Gasteiger partial charge in [-0.15, -0.1) is 0 Å². The average Bonchev–Trinajstić information content (AvgIpc) is 3.60. The number of nitrogens with zero attached hydrogens (tertiary/aromatic N) is 1. The van der Waals surface area contributed by atoms with Crippen LogP contribution in [-0.2, 0) is 0 Å². The molecule has 0 atom stereocenters. The number of para-hydroxylation sites is 1. The molecule has 1 heterocycles. The molecule has 2 heteroatoms. The molecular weight excluding hydrogens is 667 g/mol. The summed E-state index contributed by atoms with van der Waals surface area (Å²) in [7, 11) is 0. The van der Waals surface area contributed by atoms with Crippen LogP contribution < -0.4 is 4.90 Å². The molecule has 0 amide bonds. The van der Waals surface area contributed by atoms with Crippen LogP contribution in [-0.4, -0.2) is 0 Å². The fourth-order valence-electron chi connectivity index (χ4n) is 7.99. The molecule has 2 nitrogen and oxygen atoms in total. The maximum atomic E-state index is 6.33. The second kappa shape index (κ2) is 13.7. The molecule has 0 aliphatic carbocycles. The molecule has 1 aromatic heterocycles. The lowest BCUT2D eigenvalue weighted by Gasteiger charge is -2.26. The van der Waals surface area contributed by atoms with Crippen molar-refractivity contribution >= 4 is 49.6 Å². The Morgan fingerprint density at radius 2 is 0.818 bits per heavy atom. The zero-order chi connectivity index (χ0) is 36.7. The lowest BCUT2D eigenvalue weighted by atomic mass is 9.98. The summed E-state index contributed by atoms with van der Waals surface area (Å²) in [5.74, 6) is 0.921. The van der Waals surface area contributed by atoms with Crippen molar-refractivity contribution < 1.29 is 4.42 Å². The lowest BCUT2D eigenvalue weighted by molar-refractivity contribution is 0.629. The van der Waals surface area contributed by atoms with Crippen molar-refractivity contribution in [3.8, 4) is 44.7 Å². The normalized spacial score (nSPS) is 11.4. The van der Waals surface area contributed by atoms with E-state index in [2.05, 4.69) is 206 Å². The quantitative estimate of drug-likeness (QED) is 0.154. The molecule has 0 saturated carbocycles. The first kappa shape index (κ1) is 32.5. The maximum Gasteiger partial charge on any atom is 0.138 e. The Morgan fingerprint density at radius 3 is 1.49 bits per heavy atom. The number of rotatable bonds is 7. The van der Waals surface area contributed by atoms with Crippen LogP contribution in [0.1, 0.15) is 5.56 Å². The Balaban J connectivity index is 1.03. The molecule has 0 N–H and O–H groups in total. The number of aryl methyl sites for hydroxylation is 1. The number of anilines is 3. The van der Waals surface area contributed by atoms with Gasteiger partial charge in [0.15, 0.2) is 0 Å². The Hall–Kier alpha value is -7.16. The van der Waals surface area contributed by atoms with Gasteiger partial charge in [-0.25, -0.2) is 0 Å². The molecule has 10 rings (SSSR count). The van der Waals surface area contributed by atoms with Gasteiger partial charge in [0.05, 0.1) is 0 Å². The second-order valence-corrected chi connectivity index (χ2v) is 14.2. The van der Waals surface area contributed by atoms with E-state index in [4.69, 9.17) is 4.42 Å². The third kappa shape index (κ3) is 6.04. The molecule has 0 bridgehead atoms. The van der Waals surface area contributed by atoms with Crippen molar-refractivity contribution in [2.45, 2.75) is 6.92 Å². The van der Waals surface area contributed by atoms with E-state index in [1.165, 1.54) is 43.8 Å². The fourth-order valence-corrected chi connectivity index (χ4v) is 7.99. The van der Waals surface area contributed by atoms with Crippen molar-refractivity contribution in [2.24, 2.45) is 0 Å². The van der Waals surface area contributed by atoms with Crippen LogP contribution >= 0.6 is 0 Å². The van der Waals surface area contributed by atoms with E-state index >= 15 is 0 Å². The van der Waals surface area contributed by atoms with Crippen LogP contribution in [0.2, 0.25) is 0 Å². The monoisotopic (exact) mass is 703 g/mol. The summed E-state index contributed by atoms with van der Waals surface area (Å²) >= 11 is 0. The fraction of sp³-hybridized carbons (Fsp3) is 0.0189. The van der Waals surface area contributed by atoms with Crippen molar-refractivity contribution in [1.82, 2.24) is 0 Å². The first-order valence-corrected chi connectivity index (χ1v) is 18.8. The van der Waals surface area contributed by atoms with Crippen molar-refractivity contribution in [3.63, 3.8) is 0 Å². The van der Waals surface area contributed by atoms with E-state index in [0.29, 0.717) is 0 Å². The van der Waals surface area contributed by atoms with Gasteiger partial charge in [-0.1, -0.05) is 152 Å². The molecule has 260 valence electrons. The first-order chi connectivity index (χ1) is 27.2. The number of benzene rings is 9. The van der Waals surface area contributed by atoms with E-state index in [0.717, 1.165) is 56.0 Å². The third-order valence-electron chi connectivity index (χ3n) is 10.8. The highest BCUT2D eigenvalue weighted by Gasteiger charge is 2.16. The number of hydrogen-bond donors (Lipinski definition) is 0. The summed E-state index contributed by atoms with van der Waals surface area (Å²) in [4.78, 5) is 2.36. The molecule has 0 spiro atoms. The van der Waals surface area contributed by atoms with Crippen LogP contribution in [0, 0.1) is 6.92 Å². The molecule has 0 fully saturated rings. The molecule has 0 aliphatic heterocycles. The highest BCUT2D eigenvalue weighted by Crippen LogP contribution is 2.40. The summed E-state index contributed by atoms with van der Waals surface area (Å²) in [5.41, 5.74) is 13.6. The largest absolute Gasteiger partial charge is 0.456 e. The third-order valence-corrected chi connectivity index (χ3v) is 10.8. The predicted molar refractivity (Wildman–Crippen MR) is 232 cm³/mol. The van der Waals surface area contributed by atoms with E-state index < -0.39 is 0 Å². The van der Waals surface area contributed by atoms with Gasteiger partial charge in [0.1, 0.15) is 11.3 Å². The van der Waals surface area contributed by atoms with E-state index in [-0.39, 0.29) is 0 Å². The zero-order valence-corrected chi connectivity index (χ0v) is 30.5. The molecule has 0 radical (unpaired) electrons. The van der Waals surface area contributed by atoms with Crippen LogP contribution in [0.3, 0.4) is 0 Å². The van der Waals surface area contributed by atoms with Gasteiger partial charge in [-0.3, -0.25) is 0 Å². The van der Waals surface area contributed by atoms with Gasteiger partial charge in [0, 0.05) is 33.6 Å². The Morgan fingerprint density at radius 1 is 0.327 bits per heavy atom. The molecule has 0 aliphatic rings. The van der Waals surface area contributed by atoms with E-state index in [1.807, 2.05) is 12.1 Å². The SMILES string of the molecule is Cc1c(-c2cccc(-c3ccc(N(c4ccc(-c5cccc(-c6ccccc6)c5)cc4)c4ccc5c(ccc6ccccc65)c4)cc3)c2)oc2ccccc12. The van der Waals surface area contributed by atoms with Gasteiger partial charge in [0.25, 0.3) is 0 Å². The zero-order valence-electron chi connectivity index (χ0n) is 30.5. The minimum Gasteiger partial charge on any atom is -0.456 e. The minimum absolute atomic E-state index is 0.917. The van der Waals surface area contributed by atoms with Gasteiger partial charge in [-0.2, -0.15) is 0 Å². The summed E-state index contributed by atoms with van der Waals surface area (Å²) in [6.45, 7) is 2.14. The van der Waals surface area contributed by atoms with Crippen molar-refractivity contribution in [3.05, 3.63) is 212 Å². The Labute approximate surface area is 321 Å². The van der Waals surface area contributed by atoms with Crippen LogP contribution in [0.4, 0.5) is 17.1 Å². The van der Waals surface area contributed by atoms with Crippen LogP contribution in [0.5, 0.6) is 0 Å². The minimum atomic E-state index is 0.917. The second-order valence-electron chi connectivity index (χ2n) is 14.2. The van der Waals surface area contributed by atoms with Crippen LogP contribution in [0.25, 0.3) is 77.2 Å². The number of hydrogen-bond acceptors (Lipinski definition) is 2. The summed E-state index contributed by atoms with van der Waals surface area (Å²) in [5, 5.41) is 6.14. The van der Waals surface area contributed by atoms with Gasteiger partial charge in [0.2, 0.25) is 0 Å². The smallest absolute Gasteiger partial charge is 0.138 e. The Kier molecular flexibility index (Phi) is 8.08. The van der Waals surface area contributed by atoms with Crippen LogP contribution in [0.15, 0.2) is 211 Å². The standard InChI is InChI=1S/C53H37NO/c1-36-49-18-7-8-20-52(49)55-53(36)45-17-10-16-43(34-45)39-25-29-47(30-26-39)54(48-31-32-51-44(35-48)22-21-40-13-5-6-19-50(40)51)46-27-23-38(24-28-46)42-15-9-14-41(33-42)37-11-3-2-4-12-37/h2-35H,1H3. The first-order valence-electron chi connectivity index (χ1n) is 18.8. The summed E-state index contributed by atoms with van der Waals surface area (Å²) in [6.07, 6.45) is 0. The molecule has 0 saturated heterocycles. The maximum absolute atomic E-state index is 6.33. The van der Waals surface area contributed by atoms with E-state index in [9.17, 15) is 0 Å². The molecule has 55 heavy (non-hydrogen) atoms. The number of fused-ring (bicyclic) bond motifs is 4. The molecule has 0 unspecified atom stereocenters. The van der Waals surface area contributed by atoms with Crippen molar-refractivity contribution in [1.29, 1.82) is 0 Å².